The number of ether oxygens (including phenoxy) is 2. The molecular weight excluding hydrogens is 364 g/mol. The molecule has 0 unspecified atom stereocenters. The summed E-state index contributed by atoms with van der Waals surface area (Å²) in [6.07, 6.45) is 4.98. The van der Waals surface area contributed by atoms with Crippen LogP contribution >= 0.6 is 11.8 Å². The molecule has 1 saturated heterocycles. The summed E-state index contributed by atoms with van der Waals surface area (Å²) in [6, 6.07) is 0. The highest BCUT2D eigenvalue weighted by atomic mass is 32.2. The van der Waals surface area contributed by atoms with E-state index >= 15 is 0 Å². The second-order valence-electron chi connectivity index (χ2n) is 7.52. The van der Waals surface area contributed by atoms with Crippen molar-refractivity contribution in [3.8, 4) is 0 Å². The lowest BCUT2D eigenvalue weighted by atomic mass is 9.84. The normalized spacial score (nSPS) is 16.5. The van der Waals surface area contributed by atoms with Crippen molar-refractivity contribution in [1.29, 1.82) is 0 Å². The molecule has 0 aromatic carbocycles. The predicted molar refractivity (Wildman–Crippen MR) is 110 cm³/mol. The molecule has 152 valence electrons. The molecule has 6 nitrogen and oxygen atoms in total. The number of rotatable bonds is 10. The number of amides is 2. The summed E-state index contributed by atoms with van der Waals surface area (Å²) in [7, 11) is 0. The van der Waals surface area contributed by atoms with Crippen LogP contribution in [-0.4, -0.2) is 41.6 Å². The Kier molecular flexibility index (Phi) is 8.62. The zero-order chi connectivity index (χ0) is 20.7. The summed E-state index contributed by atoms with van der Waals surface area (Å²) in [5, 5.41) is 3.19. The van der Waals surface area contributed by atoms with Crippen molar-refractivity contribution in [2.45, 2.75) is 50.5 Å². The Morgan fingerprint density at radius 2 is 1.89 bits per heavy atom. The Balaban J connectivity index is 2.88. The Morgan fingerprint density at radius 1 is 1.30 bits per heavy atom. The second kappa shape index (κ2) is 9.99. The van der Waals surface area contributed by atoms with Gasteiger partial charge in [-0.05, 0) is 46.1 Å². The van der Waals surface area contributed by atoms with Crippen LogP contribution < -0.4 is 11.1 Å². The molecule has 1 aliphatic heterocycles. The molecule has 0 aliphatic carbocycles. The van der Waals surface area contributed by atoms with Gasteiger partial charge >= 0.3 is 0 Å². The predicted octanol–water partition coefficient (Wildman–Crippen LogP) is 2.91. The molecule has 1 heterocycles. The smallest absolute Gasteiger partial charge is 0.242 e. The molecule has 1 aliphatic rings. The maximum absolute atomic E-state index is 12.8. The van der Waals surface area contributed by atoms with Crippen LogP contribution in [0.1, 0.15) is 40.5 Å². The van der Waals surface area contributed by atoms with Crippen molar-refractivity contribution >= 4 is 23.6 Å². The molecule has 1 rings (SSSR count). The largest absolute Gasteiger partial charge is 0.475 e. The van der Waals surface area contributed by atoms with Crippen LogP contribution in [0.25, 0.3) is 0 Å². The topological polar surface area (TPSA) is 90.6 Å². The molecule has 0 bridgehead atoms. The van der Waals surface area contributed by atoms with Crippen molar-refractivity contribution in [3.05, 3.63) is 36.8 Å². The third-order valence-corrected chi connectivity index (χ3v) is 6.07. The Labute approximate surface area is 166 Å². The molecule has 0 aromatic rings. The number of hydrogen-bond donors (Lipinski definition) is 2. The van der Waals surface area contributed by atoms with Gasteiger partial charge in [-0.3, -0.25) is 14.9 Å². The quantitative estimate of drug-likeness (QED) is 0.337. The Hall–Kier alpha value is -1.73. The molecule has 7 heteroatoms. The van der Waals surface area contributed by atoms with Gasteiger partial charge in [0.1, 0.15) is 6.61 Å². The molecule has 0 atom stereocenters. The zero-order valence-electron chi connectivity index (χ0n) is 16.8. The van der Waals surface area contributed by atoms with Crippen LogP contribution in [0.5, 0.6) is 0 Å². The Bertz CT molecular complexity index is 605. The number of carbonyl (C=O) groups is 2. The maximum atomic E-state index is 12.8. The van der Waals surface area contributed by atoms with E-state index in [1.165, 1.54) is 0 Å². The summed E-state index contributed by atoms with van der Waals surface area (Å²) in [5.41, 5.74) is 4.92. The monoisotopic (exact) mass is 396 g/mol. The van der Waals surface area contributed by atoms with Crippen LogP contribution in [-0.2, 0) is 19.1 Å². The summed E-state index contributed by atoms with van der Waals surface area (Å²) in [5.74, 6) is -0.465. The van der Waals surface area contributed by atoms with Crippen molar-refractivity contribution in [1.82, 2.24) is 5.32 Å². The van der Waals surface area contributed by atoms with E-state index < -0.39 is 16.1 Å². The Morgan fingerprint density at radius 3 is 2.41 bits per heavy atom. The van der Waals surface area contributed by atoms with E-state index in [-0.39, 0.29) is 18.4 Å². The van der Waals surface area contributed by atoms with Crippen molar-refractivity contribution in [2.75, 3.05) is 19.8 Å². The minimum atomic E-state index is -0.958. The fourth-order valence-electron chi connectivity index (χ4n) is 2.29. The summed E-state index contributed by atoms with van der Waals surface area (Å²) >= 11 is 1.63. The van der Waals surface area contributed by atoms with E-state index in [1.807, 2.05) is 13.8 Å². The molecular formula is C20H32N2O4S. The molecule has 0 aromatic heterocycles. The van der Waals surface area contributed by atoms with Gasteiger partial charge in [0.25, 0.3) is 0 Å². The first-order chi connectivity index (χ1) is 12.5. The molecule has 3 N–H and O–H groups in total. The van der Waals surface area contributed by atoms with Gasteiger partial charge in [0.05, 0.1) is 10.2 Å². The van der Waals surface area contributed by atoms with Gasteiger partial charge in [0.15, 0.2) is 5.88 Å². The molecule has 0 spiro atoms. The average molecular weight is 397 g/mol. The third-order valence-electron chi connectivity index (χ3n) is 4.49. The second-order valence-corrected chi connectivity index (χ2v) is 9.44. The lowest BCUT2D eigenvalue weighted by molar-refractivity contribution is -0.124. The van der Waals surface area contributed by atoms with Gasteiger partial charge in [-0.25, -0.2) is 0 Å². The first-order valence-electron chi connectivity index (χ1n) is 9.02. The highest BCUT2D eigenvalue weighted by Gasteiger charge is 2.34. The fourth-order valence-corrected chi connectivity index (χ4v) is 3.71. The van der Waals surface area contributed by atoms with Gasteiger partial charge in [0, 0.05) is 24.5 Å². The van der Waals surface area contributed by atoms with E-state index in [0.29, 0.717) is 10.8 Å². The minimum Gasteiger partial charge on any atom is -0.475 e. The summed E-state index contributed by atoms with van der Waals surface area (Å²) < 4.78 is 10.3. The standard InChI is InChI=1S/C20H32N2O4S/c1-7-10-26-16(13-14(2)19(3,4)17(21)23)22-18(24)20(5,6)27-15-8-11-25-12-9-15/h7,13,15H,1-2,8-12H2,3-6H3,(H2,21,23)(H,22,24)/b16-13-. The number of thioether (sulfide) groups is 1. The number of carbonyl (C=O) groups excluding carboxylic acids is 2. The number of nitrogens with one attached hydrogen (secondary N) is 1. The van der Waals surface area contributed by atoms with Crippen LogP contribution in [0.15, 0.2) is 36.8 Å². The first kappa shape index (κ1) is 23.3. The van der Waals surface area contributed by atoms with Gasteiger partial charge < -0.3 is 15.2 Å². The highest BCUT2D eigenvalue weighted by molar-refractivity contribution is 8.01. The fraction of sp³-hybridized carbons (Fsp3) is 0.600. The SMILES string of the molecule is C=CCO/C(=C\C(=C)C(C)(C)C(N)=O)NC(=O)C(C)(C)SC1CCOCC1. The number of allylic oxidation sites excluding steroid dienone is 1. The van der Waals surface area contributed by atoms with Gasteiger partial charge in [-0.1, -0.05) is 19.2 Å². The summed E-state index contributed by atoms with van der Waals surface area (Å²) in [4.78, 5) is 24.5. The third kappa shape index (κ3) is 7.07. The molecule has 0 saturated carbocycles. The van der Waals surface area contributed by atoms with E-state index in [9.17, 15) is 9.59 Å². The molecule has 0 radical (unpaired) electrons. The van der Waals surface area contributed by atoms with E-state index in [1.54, 1.807) is 37.8 Å². The molecule has 27 heavy (non-hydrogen) atoms. The highest BCUT2D eigenvalue weighted by Crippen LogP contribution is 2.34. The number of hydrogen-bond acceptors (Lipinski definition) is 5. The average Bonchev–Trinajstić information content (AvgIpc) is 2.59. The van der Waals surface area contributed by atoms with Crippen LogP contribution in [0.2, 0.25) is 0 Å². The van der Waals surface area contributed by atoms with Gasteiger partial charge in [-0.15, -0.1) is 11.8 Å². The van der Waals surface area contributed by atoms with Crippen LogP contribution in [0.3, 0.4) is 0 Å². The van der Waals surface area contributed by atoms with Crippen molar-refractivity contribution in [2.24, 2.45) is 11.1 Å². The van der Waals surface area contributed by atoms with Crippen LogP contribution in [0.4, 0.5) is 0 Å². The van der Waals surface area contributed by atoms with Gasteiger partial charge in [0.2, 0.25) is 11.8 Å². The van der Waals surface area contributed by atoms with Crippen molar-refractivity contribution < 1.29 is 19.1 Å². The van der Waals surface area contributed by atoms with Crippen LogP contribution in [0, 0.1) is 5.41 Å². The van der Waals surface area contributed by atoms with E-state index in [4.69, 9.17) is 15.2 Å². The number of primary amides is 1. The molecule has 2 amide bonds. The number of nitrogens with two attached hydrogens (primary N) is 1. The summed E-state index contributed by atoms with van der Waals surface area (Å²) in [6.45, 7) is 16.3. The zero-order valence-corrected chi connectivity index (χ0v) is 17.6. The molecule has 1 fully saturated rings. The minimum absolute atomic E-state index is 0.181. The maximum Gasteiger partial charge on any atom is 0.242 e. The lowest BCUT2D eigenvalue weighted by Gasteiger charge is -2.31. The van der Waals surface area contributed by atoms with E-state index in [0.717, 1.165) is 26.1 Å². The first-order valence-corrected chi connectivity index (χ1v) is 9.90. The van der Waals surface area contributed by atoms with Gasteiger partial charge in [-0.2, -0.15) is 0 Å². The van der Waals surface area contributed by atoms with Crippen molar-refractivity contribution in [3.63, 3.8) is 0 Å². The van der Waals surface area contributed by atoms with E-state index in [2.05, 4.69) is 18.5 Å². The lowest BCUT2D eigenvalue weighted by Crippen LogP contribution is -2.42.